The van der Waals surface area contributed by atoms with Crippen molar-refractivity contribution in [3.63, 3.8) is 0 Å². The van der Waals surface area contributed by atoms with Gasteiger partial charge in [-0.15, -0.1) is 0 Å². The molecule has 0 radical (unpaired) electrons. The third-order valence-electron chi connectivity index (χ3n) is 5.52. The van der Waals surface area contributed by atoms with Crippen molar-refractivity contribution in [3.05, 3.63) is 29.4 Å². The summed E-state index contributed by atoms with van der Waals surface area (Å²) in [5.41, 5.74) is 6.79. The number of carbonyl (C=O) groups excluding carboxylic acids is 1. The highest BCUT2D eigenvalue weighted by molar-refractivity contribution is 6.31. The van der Waals surface area contributed by atoms with Gasteiger partial charge in [0.1, 0.15) is 18.0 Å². The van der Waals surface area contributed by atoms with Gasteiger partial charge in [0.05, 0.1) is 5.69 Å². The molecule has 2 atom stereocenters. The van der Waals surface area contributed by atoms with Crippen molar-refractivity contribution in [1.82, 2.24) is 19.6 Å². The molecule has 1 aromatic heterocycles. The number of halogens is 3. The number of carbonyl (C=O) groups is 1. The first-order chi connectivity index (χ1) is 13.8. The minimum atomic E-state index is -2.99. The van der Waals surface area contributed by atoms with Crippen LogP contribution in [0.15, 0.2) is 24.4 Å². The molecule has 2 aliphatic rings. The second kappa shape index (κ2) is 7.79. The number of alkyl halides is 2. The van der Waals surface area contributed by atoms with Gasteiger partial charge in [0.15, 0.2) is 0 Å². The fourth-order valence-electron chi connectivity index (χ4n) is 4.28. The maximum absolute atomic E-state index is 12.7. The molecule has 1 aromatic carbocycles. The van der Waals surface area contributed by atoms with Crippen molar-refractivity contribution < 1.29 is 18.3 Å². The van der Waals surface area contributed by atoms with Crippen molar-refractivity contribution in [3.8, 4) is 17.0 Å². The lowest BCUT2D eigenvalue weighted by atomic mass is 10.0. The summed E-state index contributed by atoms with van der Waals surface area (Å²) in [5, 5.41) is 4.67. The number of ether oxygens (including phenoxy) is 1. The van der Waals surface area contributed by atoms with E-state index in [9.17, 15) is 13.6 Å². The molecule has 0 unspecified atom stereocenters. The van der Waals surface area contributed by atoms with E-state index >= 15 is 0 Å². The van der Waals surface area contributed by atoms with Gasteiger partial charge in [0.25, 0.3) is 0 Å². The van der Waals surface area contributed by atoms with Crippen molar-refractivity contribution in [2.45, 2.75) is 13.2 Å². The molecular formula is C19H22ClF2N5O2. The van der Waals surface area contributed by atoms with Crippen LogP contribution in [0.5, 0.6) is 5.75 Å². The molecule has 2 aliphatic heterocycles. The van der Waals surface area contributed by atoms with E-state index in [1.54, 1.807) is 0 Å². The van der Waals surface area contributed by atoms with Gasteiger partial charge in [0, 0.05) is 43.0 Å². The fourth-order valence-corrected chi connectivity index (χ4v) is 4.46. The van der Waals surface area contributed by atoms with E-state index in [1.165, 1.54) is 29.1 Å². The number of hydrogen-bond acceptors (Lipinski definition) is 5. The second-order valence-electron chi connectivity index (χ2n) is 7.69. The minimum absolute atomic E-state index is 0.0328. The summed E-state index contributed by atoms with van der Waals surface area (Å²) in [7, 11) is 2.10. The normalized spacial score (nSPS) is 21.8. The van der Waals surface area contributed by atoms with Crippen molar-refractivity contribution in [2.75, 3.05) is 39.0 Å². The maximum Gasteiger partial charge on any atom is 0.387 e. The number of nitrogen functional groups attached to an aromatic ring is 1. The van der Waals surface area contributed by atoms with Crippen LogP contribution in [0.2, 0.25) is 5.02 Å². The molecule has 1 amide bonds. The Morgan fingerprint density at radius 3 is 2.66 bits per heavy atom. The minimum Gasteiger partial charge on any atom is -0.434 e. The molecule has 29 heavy (non-hydrogen) atoms. The molecule has 4 rings (SSSR count). The first-order valence-corrected chi connectivity index (χ1v) is 9.72. The highest BCUT2D eigenvalue weighted by Crippen LogP contribution is 2.36. The van der Waals surface area contributed by atoms with Gasteiger partial charge < -0.3 is 20.3 Å². The van der Waals surface area contributed by atoms with Crippen molar-refractivity contribution in [2.24, 2.45) is 11.8 Å². The average Bonchev–Trinajstić information content (AvgIpc) is 3.28. The van der Waals surface area contributed by atoms with Crippen molar-refractivity contribution >= 4 is 23.2 Å². The number of amides is 1. The summed E-state index contributed by atoms with van der Waals surface area (Å²) >= 11 is 6.01. The van der Waals surface area contributed by atoms with Crippen LogP contribution < -0.4 is 10.5 Å². The maximum atomic E-state index is 12.7. The standard InChI is InChI=1S/C19H22ClF2N5O2/c1-25-5-11-7-26(8-12(11)6-25)17(28)10-27-9-15(23)18(24-27)14-4-13(20)2-3-16(14)29-19(21)22/h2-4,9,11-12,19H,5-8,10,23H2,1H3/t11-,12+. The number of aromatic nitrogens is 2. The molecule has 2 saturated heterocycles. The molecule has 10 heteroatoms. The molecule has 7 nitrogen and oxygen atoms in total. The molecule has 0 spiro atoms. The molecule has 0 bridgehead atoms. The Morgan fingerprint density at radius 2 is 2.00 bits per heavy atom. The monoisotopic (exact) mass is 425 g/mol. The van der Waals surface area contributed by atoms with Crippen LogP contribution in [-0.2, 0) is 11.3 Å². The van der Waals surface area contributed by atoms with E-state index in [2.05, 4.69) is 21.8 Å². The summed E-state index contributed by atoms with van der Waals surface area (Å²) in [6.07, 6.45) is 1.52. The van der Waals surface area contributed by atoms with Gasteiger partial charge in [-0.3, -0.25) is 9.48 Å². The molecule has 156 valence electrons. The van der Waals surface area contributed by atoms with Gasteiger partial charge in [0.2, 0.25) is 5.91 Å². The predicted octanol–water partition coefficient (Wildman–Crippen LogP) is 2.41. The lowest BCUT2D eigenvalue weighted by molar-refractivity contribution is -0.131. The number of nitrogens with two attached hydrogens (primary N) is 1. The molecule has 2 N–H and O–H groups in total. The Hall–Kier alpha value is -2.39. The Balaban J connectivity index is 1.50. The zero-order valence-electron chi connectivity index (χ0n) is 15.9. The Labute approximate surface area is 172 Å². The number of hydrogen-bond donors (Lipinski definition) is 1. The van der Waals surface area contributed by atoms with Gasteiger partial charge in [-0.25, -0.2) is 0 Å². The largest absolute Gasteiger partial charge is 0.434 e. The lowest BCUT2D eigenvalue weighted by Gasteiger charge is -2.19. The third-order valence-corrected chi connectivity index (χ3v) is 5.76. The lowest BCUT2D eigenvalue weighted by Crippen LogP contribution is -2.34. The van der Waals surface area contributed by atoms with Crippen LogP contribution in [0, 0.1) is 11.8 Å². The summed E-state index contributed by atoms with van der Waals surface area (Å²) in [6, 6.07) is 4.25. The van der Waals surface area contributed by atoms with E-state index < -0.39 is 6.61 Å². The summed E-state index contributed by atoms with van der Waals surface area (Å²) in [5.74, 6) is 0.917. The predicted molar refractivity (Wildman–Crippen MR) is 105 cm³/mol. The number of benzene rings is 1. The van der Waals surface area contributed by atoms with Crippen LogP contribution >= 0.6 is 11.6 Å². The zero-order chi connectivity index (χ0) is 20.7. The average molecular weight is 426 g/mol. The van der Waals surface area contributed by atoms with Crippen LogP contribution in [0.4, 0.5) is 14.5 Å². The van der Waals surface area contributed by atoms with Crippen LogP contribution in [0.3, 0.4) is 0 Å². The number of fused-ring (bicyclic) bond motifs is 1. The first-order valence-electron chi connectivity index (χ1n) is 9.34. The van der Waals surface area contributed by atoms with Gasteiger partial charge in [-0.05, 0) is 37.1 Å². The molecule has 0 aliphatic carbocycles. The molecule has 0 saturated carbocycles. The molecule has 2 fully saturated rings. The van der Waals surface area contributed by atoms with Gasteiger partial charge in [-0.1, -0.05) is 11.6 Å². The van der Waals surface area contributed by atoms with Gasteiger partial charge >= 0.3 is 6.61 Å². The van der Waals surface area contributed by atoms with Crippen LogP contribution in [0.1, 0.15) is 0 Å². The highest BCUT2D eigenvalue weighted by Gasteiger charge is 2.40. The van der Waals surface area contributed by atoms with E-state index in [0.29, 0.717) is 16.9 Å². The summed E-state index contributed by atoms with van der Waals surface area (Å²) in [6.45, 7) is 0.555. The van der Waals surface area contributed by atoms with Crippen LogP contribution in [-0.4, -0.2) is 65.3 Å². The smallest absolute Gasteiger partial charge is 0.387 e. The Bertz CT molecular complexity index is 908. The van der Waals surface area contributed by atoms with E-state index in [0.717, 1.165) is 26.2 Å². The van der Waals surface area contributed by atoms with Gasteiger partial charge in [-0.2, -0.15) is 13.9 Å². The Kier molecular flexibility index (Phi) is 5.35. The molecular weight excluding hydrogens is 404 g/mol. The van der Waals surface area contributed by atoms with E-state index in [-0.39, 0.29) is 35.1 Å². The molecule has 2 aromatic rings. The number of rotatable bonds is 5. The Morgan fingerprint density at radius 1 is 1.31 bits per heavy atom. The number of nitrogens with zero attached hydrogens (tertiary/aromatic N) is 4. The van der Waals surface area contributed by atoms with Crippen molar-refractivity contribution in [1.29, 1.82) is 0 Å². The summed E-state index contributed by atoms with van der Waals surface area (Å²) in [4.78, 5) is 16.9. The number of likely N-dealkylation sites (tertiary alicyclic amines) is 2. The van der Waals surface area contributed by atoms with E-state index in [1.807, 2.05) is 4.90 Å². The fraction of sp³-hybridized carbons (Fsp3) is 0.474. The summed E-state index contributed by atoms with van der Waals surface area (Å²) < 4.78 is 31.4. The SMILES string of the molecule is CN1C[C@@H]2CN(C(=O)Cn3cc(N)c(-c4cc(Cl)ccc4OC(F)F)n3)C[C@@H]2C1. The third kappa shape index (κ3) is 4.16. The van der Waals surface area contributed by atoms with E-state index in [4.69, 9.17) is 17.3 Å². The zero-order valence-corrected chi connectivity index (χ0v) is 16.6. The first kappa shape index (κ1) is 19.9. The molecule has 3 heterocycles. The number of anilines is 1. The van der Waals surface area contributed by atoms with Crippen LogP contribution in [0.25, 0.3) is 11.3 Å². The highest BCUT2D eigenvalue weighted by atomic mass is 35.5. The second-order valence-corrected chi connectivity index (χ2v) is 8.13. The topological polar surface area (TPSA) is 76.6 Å². The quantitative estimate of drug-likeness (QED) is 0.796.